The molecule has 132 valence electrons. The number of anilines is 1. The van der Waals surface area contributed by atoms with E-state index in [2.05, 4.69) is 5.32 Å². The molecular formula is C18H20FN3O3. The first-order chi connectivity index (χ1) is 11.8. The molecule has 0 saturated heterocycles. The second-order valence-corrected chi connectivity index (χ2v) is 5.86. The Hall–Kier alpha value is -2.96. The average molecular weight is 345 g/mol. The van der Waals surface area contributed by atoms with Gasteiger partial charge in [0.25, 0.3) is 11.6 Å². The Bertz CT molecular complexity index is 781. The van der Waals surface area contributed by atoms with Crippen molar-refractivity contribution in [3.63, 3.8) is 0 Å². The van der Waals surface area contributed by atoms with Crippen LogP contribution in [-0.4, -0.2) is 30.5 Å². The number of nitrogens with one attached hydrogen (secondary N) is 1. The Balaban J connectivity index is 2.06. The highest BCUT2D eigenvalue weighted by atomic mass is 19.1. The lowest BCUT2D eigenvalue weighted by molar-refractivity contribution is -0.385. The second kappa shape index (κ2) is 7.74. The fourth-order valence-corrected chi connectivity index (χ4v) is 2.38. The first-order valence-corrected chi connectivity index (χ1v) is 7.82. The zero-order chi connectivity index (χ0) is 18.6. The number of carbonyl (C=O) groups is 1. The molecule has 1 atom stereocenters. The molecule has 2 aromatic rings. The van der Waals surface area contributed by atoms with E-state index in [1.807, 2.05) is 49.2 Å². The SMILES string of the molecule is Cc1c(F)cc(C(=O)NCC(C)N(C)c2ccccc2)cc1[N+](=O)[O-]. The van der Waals surface area contributed by atoms with Crippen molar-refractivity contribution in [1.29, 1.82) is 0 Å². The number of para-hydroxylation sites is 1. The van der Waals surface area contributed by atoms with E-state index in [9.17, 15) is 19.3 Å². The van der Waals surface area contributed by atoms with Crippen LogP contribution in [-0.2, 0) is 0 Å². The van der Waals surface area contributed by atoms with E-state index in [1.165, 1.54) is 6.92 Å². The van der Waals surface area contributed by atoms with Crippen molar-refractivity contribution >= 4 is 17.3 Å². The molecule has 0 spiro atoms. The minimum absolute atomic E-state index is 0.0170. The van der Waals surface area contributed by atoms with Gasteiger partial charge in [0.15, 0.2) is 0 Å². The lowest BCUT2D eigenvalue weighted by Gasteiger charge is -2.27. The molecule has 0 bridgehead atoms. The number of nitro groups is 1. The number of hydrogen-bond donors (Lipinski definition) is 1. The lowest BCUT2D eigenvalue weighted by atomic mass is 10.1. The quantitative estimate of drug-likeness (QED) is 0.644. The largest absolute Gasteiger partial charge is 0.370 e. The van der Waals surface area contributed by atoms with Gasteiger partial charge in [-0.2, -0.15) is 0 Å². The van der Waals surface area contributed by atoms with Gasteiger partial charge in [0, 0.05) is 37.0 Å². The summed E-state index contributed by atoms with van der Waals surface area (Å²) in [5, 5.41) is 13.7. The molecule has 0 aliphatic carbocycles. The summed E-state index contributed by atoms with van der Waals surface area (Å²) < 4.78 is 13.8. The maximum Gasteiger partial charge on any atom is 0.276 e. The highest BCUT2D eigenvalue weighted by Gasteiger charge is 2.20. The smallest absolute Gasteiger partial charge is 0.276 e. The highest BCUT2D eigenvalue weighted by Crippen LogP contribution is 2.22. The molecule has 0 heterocycles. The molecule has 0 aliphatic rings. The number of amides is 1. The molecule has 0 radical (unpaired) electrons. The van der Waals surface area contributed by atoms with Gasteiger partial charge >= 0.3 is 0 Å². The summed E-state index contributed by atoms with van der Waals surface area (Å²) in [5.74, 6) is -1.32. The van der Waals surface area contributed by atoms with E-state index in [0.717, 1.165) is 17.8 Å². The van der Waals surface area contributed by atoms with Crippen molar-refractivity contribution in [2.75, 3.05) is 18.5 Å². The van der Waals surface area contributed by atoms with Crippen LogP contribution in [0.25, 0.3) is 0 Å². The maximum absolute atomic E-state index is 13.8. The normalized spacial score (nSPS) is 11.7. The molecule has 6 nitrogen and oxygen atoms in total. The van der Waals surface area contributed by atoms with Crippen LogP contribution in [0.15, 0.2) is 42.5 Å². The fourth-order valence-electron chi connectivity index (χ4n) is 2.38. The van der Waals surface area contributed by atoms with E-state index >= 15 is 0 Å². The predicted molar refractivity (Wildman–Crippen MR) is 94.4 cm³/mol. The number of benzene rings is 2. The third-order valence-corrected chi connectivity index (χ3v) is 4.16. The Morgan fingerprint density at radius 1 is 1.32 bits per heavy atom. The minimum Gasteiger partial charge on any atom is -0.370 e. The van der Waals surface area contributed by atoms with Crippen molar-refractivity contribution in [1.82, 2.24) is 5.32 Å². The van der Waals surface area contributed by atoms with Crippen LogP contribution in [0.4, 0.5) is 15.8 Å². The number of halogens is 1. The van der Waals surface area contributed by atoms with Gasteiger partial charge in [0.1, 0.15) is 5.82 Å². The zero-order valence-corrected chi connectivity index (χ0v) is 14.3. The fraction of sp³-hybridized carbons (Fsp3) is 0.278. The molecule has 0 fully saturated rings. The molecule has 1 N–H and O–H groups in total. The molecule has 0 aliphatic heterocycles. The van der Waals surface area contributed by atoms with Crippen LogP contribution in [0.2, 0.25) is 0 Å². The monoisotopic (exact) mass is 345 g/mol. The van der Waals surface area contributed by atoms with Gasteiger partial charge < -0.3 is 10.2 Å². The topological polar surface area (TPSA) is 75.5 Å². The Labute approximate surface area is 145 Å². The van der Waals surface area contributed by atoms with Crippen LogP contribution >= 0.6 is 0 Å². The van der Waals surface area contributed by atoms with E-state index in [4.69, 9.17) is 0 Å². The van der Waals surface area contributed by atoms with E-state index in [-0.39, 0.29) is 17.2 Å². The van der Waals surface area contributed by atoms with Gasteiger partial charge in [-0.3, -0.25) is 14.9 Å². The standard InChI is InChI=1S/C18H20FN3O3/c1-12(21(3)15-7-5-4-6-8-15)11-20-18(23)14-9-16(19)13(2)17(10-14)22(24)25/h4-10,12H,11H2,1-3H3,(H,20,23). The second-order valence-electron chi connectivity index (χ2n) is 5.86. The number of nitrogens with zero attached hydrogens (tertiary/aromatic N) is 2. The van der Waals surface area contributed by atoms with Gasteiger partial charge in [-0.05, 0) is 32.0 Å². The predicted octanol–water partition coefficient (Wildman–Crippen LogP) is 3.30. The number of nitro benzene ring substituents is 1. The van der Waals surface area contributed by atoms with Crippen LogP contribution < -0.4 is 10.2 Å². The number of rotatable bonds is 6. The minimum atomic E-state index is -0.770. The van der Waals surface area contributed by atoms with Crippen molar-refractivity contribution in [2.45, 2.75) is 19.9 Å². The van der Waals surface area contributed by atoms with Gasteiger partial charge in [-0.15, -0.1) is 0 Å². The molecule has 0 saturated carbocycles. The zero-order valence-electron chi connectivity index (χ0n) is 14.3. The van der Waals surface area contributed by atoms with E-state index in [1.54, 1.807) is 0 Å². The van der Waals surface area contributed by atoms with E-state index in [0.29, 0.717) is 6.54 Å². The number of carbonyl (C=O) groups excluding carboxylic acids is 1. The van der Waals surface area contributed by atoms with Crippen LogP contribution in [0.1, 0.15) is 22.8 Å². The maximum atomic E-state index is 13.8. The van der Waals surface area contributed by atoms with E-state index < -0.39 is 22.3 Å². The van der Waals surface area contributed by atoms with Crippen LogP contribution in [0.5, 0.6) is 0 Å². The first-order valence-electron chi connectivity index (χ1n) is 7.82. The first kappa shape index (κ1) is 18.4. The lowest BCUT2D eigenvalue weighted by Crippen LogP contribution is -2.40. The molecule has 2 rings (SSSR count). The summed E-state index contributed by atoms with van der Waals surface area (Å²) in [6, 6.07) is 11.8. The summed E-state index contributed by atoms with van der Waals surface area (Å²) in [5.41, 5.74) is 0.448. The van der Waals surface area contributed by atoms with Crippen molar-refractivity contribution in [3.05, 3.63) is 69.5 Å². The van der Waals surface area contributed by atoms with Crippen molar-refractivity contribution in [2.24, 2.45) is 0 Å². The van der Waals surface area contributed by atoms with Gasteiger partial charge in [0.2, 0.25) is 0 Å². The molecular weight excluding hydrogens is 325 g/mol. The van der Waals surface area contributed by atoms with Crippen molar-refractivity contribution in [3.8, 4) is 0 Å². The molecule has 25 heavy (non-hydrogen) atoms. The van der Waals surface area contributed by atoms with Crippen molar-refractivity contribution < 1.29 is 14.1 Å². The van der Waals surface area contributed by atoms with Gasteiger partial charge in [-0.1, -0.05) is 18.2 Å². The van der Waals surface area contributed by atoms with Crippen LogP contribution in [0.3, 0.4) is 0 Å². The molecule has 2 aromatic carbocycles. The molecule has 1 unspecified atom stereocenters. The number of hydrogen-bond acceptors (Lipinski definition) is 4. The summed E-state index contributed by atoms with van der Waals surface area (Å²) in [6.45, 7) is 3.56. The summed E-state index contributed by atoms with van der Waals surface area (Å²) in [4.78, 5) is 24.5. The van der Waals surface area contributed by atoms with Gasteiger partial charge in [-0.25, -0.2) is 4.39 Å². The summed E-state index contributed by atoms with van der Waals surface area (Å²) in [7, 11) is 1.91. The average Bonchev–Trinajstić information content (AvgIpc) is 2.61. The molecule has 1 amide bonds. The highest BCUT2D eigenvalue weighted by molar-refractivity contribution is 5.95. The third-order valence-electron chi connectivity index (χ3n) is 4.16. The Kier molecular flexibility index (Phi) is 5.69. The number of likely N-dealkylation sites (N-methyl/N-ethyl adjacent to an activating group) is 1. The van der Waals surface area contributed by atoms with Gasteiger partial charge in [0.05, 0.1) is 10.5 Å². The Morgan fingerprint density at radius 2 is 1.96 bits per heavy atom. The third kappa shape index (κ3) is 4.32. The van der Waals surface area contributed by atoms with Crippen LogP contribution in [0, 0.1) is 22.9 Å². The summed E-state index contributed by atoms with van der Waals surface area (Å²) >= 11 is 0. The Morgan fingerprint density at radius 3 is 2.56 bits per heavy atom. The molecule has 7 heteroatoms. The molecule has 0 aromatic heterocycles. The summed E-state index contributed by atoms with van der Waals surface area (Å²) in [6.07, 6.45) is 0.